The number of hydrogen-bond acceptors (Lipinski definition) is 6. The fourth-order valence-electron chi connectivity index (χ4n) is 4.86. The third-order valence-electron chi connectivity index (χ3n) is 6.91. The lowest BCUT2D eigenvalue weighted by Crippen LogP contribution is -2.55. The van der Waals surface area contributed by atoms with Gasteiger partial charge in [0.05, 0.1) is 12.0 Å². The van der Waals surface area contributed by atoms with Crippen LogP contribution in [-0.4, -0.2) is 55.4 Å². The minimum Gasteiger partial charge on any atom is -0.468 e. The van der Waals surface area contributed by atoms with E-state index >= 15 is 0 Å². The Labute approximate surface area is 236 Å². The summed E-state index contributed by atoms with van der Waals surface area (Å²) in [6.07, 6.45) is 2.41. The fraction of sp³-hybridized carbons (Fsp3) is 0.207. The molecular weight excluding hydrogens is 554 g/mol. The smallest absolute Gasteiger partial charge is 0.321 e. The minimum atomic E-state index is -4.28. The Morgan fingerprint density at radius 3 is 2.40 bits per heavy atom. The fourth-order valence-corrected chi connectivity index (χ4v) is 6.63. The quantitative estimate of drug-likeness (QED) is 0.306. The van der Waals surface area contributed by atoms with Crippen molar-refractivity contribution in [2.24, 2.45) is 0 Å². The van der Waals surface area contributed by atoms with Gasteiger partial charge in [-0.2, -0.15) is 4.31 Å². The van der Waals surface area contributed by atoms with Crippen molar-refractivity contribution >= 4 is 50.0 Å². The van der Waals surface area contributed by atoms with E-state index in [1.165, 1.54) is 34.8 Å². The van der Waals surface area contributed by atoms with Crippen LogP contribution in [0.15, 0.2) is 94.7 Å². The van der Waals surface area contributed by atoms with Crippen LogP contribution in [0.3, 0.4) is 0 Å². The molecule has 4 aromatic rings. The molecule has 1 aliphatic heterocycles. The second-order valence-corrected chi connectivity index (χ2v) is 11.7. The van der Waals surface area contributed by atoms with Crippen molar-refractivity contribution in [3.8, 4) is 5.69 Å². The van der Waals surface area contributed by atoms with E-state index in [1.807, 2.05) is 0 Å². The largest absolute Gasteiger partial charge is 0.468 e. The number of hydrogen-bond donors (Lipinski definition) is 0. The molecule has 1 saturated heterocycles. The number of ether oxygens (including phenoxy) is 1. The van der Waals surface area contributed by atoms with Gasteiger partial charge >= 0.3 is 5.97 Å². The Kier molecular flexibility index (Phi) is 7.75. The Balaban J connectivity index is 1.47. The Morgan fingerprint density at radius 1 is 0.975 bits per heavy atom. The Hall–Kier alpha value is -3.99. The topological polar surface area (TPSA) is 106 Å². The van der Waals surface area contributed by atoms with Crippen LogP contribution < -0.4 is 10.5 Å². The molecule has 9 nitrogen and oxygen atoms in total. The zero-order chi connectivity index (χ0) is 28.4. The number of carbonyl (C=O) groups excluding carboxylic acids is 2. The van der Waals surface area contributed by atoms with Gasteiger partial charge in [-0.25, -0.2) is 8.42 Å². The molecule has 3 aromatic carbocycles. The van der Waals surface area contributed by atoms with Crippen molar-refractivity contribution in [2.45, 2.75) is 23.8 Å². The summed E-state index contributed by atoms with van der Waals surface area (Å²) in [4.78, 5) is 39.8. The van der Waals surface area contributed by atoms with E-state index in [0.29, 0.717) is 34.7 Å². The average molecular weight is 580 g/mol. The average Bonchev–Trinajstić information content (AvgIpc) is 2.96. The van der Waals surface area contributed by atoms with E-state index in [1.54, 1.807) is 66.9 Å². The van der Waals surface area contributed by atoms with E-state index < -0.39 is 34.5 Å². The Bertz CT molecular complexity index is 1750. The van der Waals surface area contributed by atoms with Crippen molar-refractivity contribution in [3.05, 3.63) is 100 Å². The van der Waals surface area contributed by atoms with E-state index in [9.17, 15) is 22.8 Å². The van der Waals surface area contributed by atoms with Crippen LogP contribution in [-0.2, 0) is 24.3 Å². The summed E-state index contributed by atoms with van der Waals surface area (Å²) in [7, 11) is -3.11. The summed E-state index contributed by atoms with van der Waals surface area (Å²) >= 11 is 6.07. The van der Waals surface area contributed by atoms with Gasteiger partial charge in [0.1, 0.15) is 12.6 Å². The minimum absolute atomic E-state index is 0.0474. The summed E-state index contributed by atoms with van der Waals surface area (Å²) in [6.45, 7) is -0.236. The maximum Gasteiger partial charge on any atom is 0.321 e. The van der Waals surface area contributed by atoms with Gasteiger partial charge in [-0.05, 0) is 78.2 Å². The van der Waals surface area contributed by atoms with Crippen LogP contribution in [0.4, 0.5) is 5.69 Å². The molecule has 0 bridgehead atoms. The molecule has 206 valence electrons. The number of benzene rings is 3. The molecule has 1 unspecified atom stereocenters. The molecule has 0 aliphatic carbocycles. The highest BCUT2D eigenvalue weighted by Crippen LogP contribution is 2.30. The van der Waals surface area contributed by atoms with Gasteiger partial charge in [-0.3, -0.25) is 19.0 Å². The summed E-state index contributed by atoms with van der Waals surface area (Å²) in [5, 5.41) is 1.93. The lowest BCUT2D eigenvalue weighted by molar-refractivity contribution is -0.141. The zero-order valence-corrected chi connectivity index (χ0v) is 23.1. The molecule has 40 heavy (non-hydrogen) atoms. The highest BCUT2D eigenvalue weighted by Gasteiger charge is 2.41. The molecule has 11 heteroatoms. The van der Waals surface area contributed by atoms with Crippen LogP contribution in [0, 0.1) is 0 Å². The summed E-state index contributed by atoms with van der Waals surface area (Å²) in [6, 6.07) is 20.3. The maximum atomic E-state index is 13.9. The van der Waals surface area contributed by atoms with Gasteiger partial charge in [0.15, 0.2) is 0 Å². The zero-order valence-electron chi connectivity index (χ0n) is 21.6. The number of methoxy groups -OCH3 is 1. The van der Waals surface area contributed by atoms with Crippen LogP contribution in [0.25, 0.3) is 16.5 Å². The molecular formula is C29H26ClN3O6S. The predicted octanol–water partition coefficient (Wildman–Crippen LogP) is 4.00. The number of anilines is 1. The molecule has 0 saturated carbocycles. The highest BCUT2D eigenvalue weighted by atomic mass is 35.5. The summed E-state index contributed by atoms with van der Waals surface area (Å²) in [5.74, 6) is -1.23. The van der Waals surface area contributed by atoms with Gasteiger partial charge < -0.3 is 9.64 Å². The van der Waals surface area contributed by atoms with Crippen molar-refractivity contribution < 1.29 is 22.7 Å². The number of rotatable bonds is 7. The normalized spacial score (nSPS) is 15.9. The molecule has 1 atom stereocenters. The number of pyridine rings is 1. The number of sulfonamides is 1. The van der Waals surface area contributed by atoms with Gasteiger partial charge in [0.2, 0.25) is 15.9 Å². The first-order chi connectivity index (χ1) is 19.2. The lowest BCUT2D eigenvalue weighted by atomic mass is 10.0. The van der Waals surface area contributed by atoms with Gasteiger partial charge in [-0.15, -0.1) is 0 Å². The van der Waals surface area contributed by atoms with E-state index in [0.717, 1.165) is 9.69 Å². The number of fused-ring (bicyclic) bond motifs is 1. The number of piperidine rings is 1. The summed E-state index contributed by atoms with van der Waals surface area (Å²) in [5.41, 5.74) is 0.994. The molecule has 1 aromatic heterocycles. The Morgan fingerprint density at radius 2 is 1.68 bits per heavy atom. The monoisotopic (exact) mass is 579 g/mol. The molecule has 1 fully saturated rings. The lowest BCUT2D eigenvalue weighted by Gasteiger charge is -2.37. The molecule has 1 amide bonds. The first-order valence-electron chi connectivity index (χ1n) is 12.6. The molecule has 0 N–H and O–H groups in total. The number of amides is 1. The van der Waals surface area contributed by atoms with Crippen LogP contribution >= 0.6 is 11.6 Å². The van der Waals surface area contributed by atoms with Crippen LogP contribution in [0.2, 0.25) is 5.02 Å². The van der Waals surface area contributed by atoms with Crippen LogP contribution in [0.5, 0.6) is 0 Å². The second-order valence-electron chi connectivity index (χ2n) is 9.35. The summed E-state index contributed by atoms with van der Waals surface area (Å²) < 4.78 is 35.0. The molecule has 1 aliphatic rings. The van der Waals surface area contributed by atoms with E-state index in [2.05, 4.69) is 0 Å². The predicted molar refractivity (Wildman–Crippen MR) is 152 cm³/mol. The molecule has 0 spiro atoms. The first-order valence-corrected chi connectivity index (χ1v) is 14.4. The number of esters is 1. The van der Waals surface area contributed by atoms with Gasteiger partial charge in [0.25, 0.3) is 5.56 Å². The molecule has 0 radical (unpaired) electrons. The number of carbonyl (C=O) groups is 2. The van der Waals surface area contributed by atoms with Crippen molar-refractivity contribution in [1.29, 1.82) is 0 Å². The number of nitrogens with zero attached hydrogens (tertiary/aromatic N) is 3. The molecule has 2 heterocycles. The highest BCUT2D eigenvalue weighted by molar-refractivity contribution is 7.89. The van der Waals surface area contributed by atoms with E-state index in [4.69, 9.17) is 16.3 Å². The third kappa shape index (κ3) is 5.38. The van der Waals surface area contributed by atoms with Gasteiger partial charge in [-0.1, -0.05) is 29.8 Å². The maximum absolute atomic E-state index is 13.9. The molecule has 5 rings (SSSR count). The number of halogens is 1. The standard InChI is InChI=1S/C29H26ClN3O6S/c1-39-28(35)19-33(40(37,38)25-14-8-20-17-22(30)9-7-21(20)18-25)26-5-4-16-32(29(26)36)24-12-10-23(11-13-24)31-15-3-2-6-27(31)34/h2-3,6-15,17-18,26H,4-5,16,19H2,1H3. The van der Waals surface area contributed by atoms with Crippen LogP contribution in [0.1, 0.15) is 12.8 Å². The second kappa shape index (κ2) is 11.2. The third-order valence-corrected chi connectivity index (χ3v) is 9.00. The SMILES string of the molecule is COC(=O)CN(C1CCCN(c2ccc(-n3ccccc3=O)cc2)C1=O)S(=O)(=O)c1ccc2cc(Cl)ccc2c1. The van der Waals surface area contributed by atoms with E-state index in [-0.39, 0.29) is 16.9 Å². The number of aromatic nitrogens is 1. The first kappa shape index (κ1) is 27.6. The van der Waals surface area contributed by atoms with Crippen molar-refractivity contribution in [1.82, 2.24) is 8.87 Å². The van der Waals surface area contributed by atoms with Crippen molar-refractivity contribution in [2.75, 3.05) is 25.1 Å². The van der Waals surface area contributed by atoms with Crippen molar-refractivity contribution in [3.63, 3.8) is 0 Å². The van der Waals surface area contributed by atoms with Gasteiger partial charge in [0, 0.05) is 35.2 Å².